The average Bonchev–Trinajstić information content (AvgIpc) is 3.51. The largest absolute Gasteiger partial charge is 0.495 e. The molecule has 2 aromatic carbocycles. The minimum Gasteiger partial charge on any atom is -0.495 e. The first kappa shape index (κ1) is 21.9. The number of hydrogen-bond acceptors (Lipinski definition) is 5. The van der Waals surface area contributed by atoms with Crippen LogP contribution in [0.3, 0.4) is 0 Å². The number of carbonyl (C=O) groups is 2. The fraction of sp³-hybridized carbons (Fsp3) is 0.120. The molecule has 0 saturated heterocycles. The summed E-state index contributed by atoms with van der Waals surface area (Å²) in [6.07, 6.45) is 1.48. The minimum absolute atomic E-state index is 0.0232. The van der Waals surface area contributed by atoms with Crippen LogP contribution in [0.5, 0.6) is 5.75 Å². The summed E-state index contributed by atoms with van der Waals surface area (Å²) in [4.78, 5) is 27.2. The van der Waals surface area contributed by atoms with Gasteiger partial charge in [0.15, 0.2) is 5.76 Å². The maximum Gasteiger partial charge on any atom is 0.290 e. The van der Waals surface area contributed by atoms with Gasteiger partial charge in [0.1, 0.15) is 29.6 Å². The first-order chi connectivity index (χ1) is 16.0. The summed E-state index contributed by atoms with van der Waals surface area (Å²) in [5, 5.41) is 2.75. The Bertz CT molecular complexity index is 1250. The van der Waals surface area contributed by atoms with Crippen LogP contribution in [0.25, 0.3) is 11.3 Å². The van der Waals surface area contributed by atoms with Crippen LogP contribution in [0.1, 0.15) is 16.3 Å². The SMILES string of the molecule is COc1ccccc1NC(=O)CN(Cc1ccco1)C(=O)c1ccc(-c2ccccc2F)o1. The molecule has 2 heterocycles. The van der Waals surface area contributed by atoms with Gasteiger partial charge in [0.05, 0.1) is 31.2 Å². The number of amides is 2. The van der Waals surface area contributed by atoms with E-state index >= 15 is 0 Å². The second kappa shape index (κ2) is 9.86. The smallest absolute Gasteiger partial charge is 0.290 e. The van der Waals surface area contributed by atoms with Crippen LogP contribution in [0.2, 0.25) is 0 Å². The quantitative estimate of drug-likeness (QED) is 0.411. The van der Waals surface area contributed by atoms with Crippen LogP contribution in [-0.4, -0.2) is 30.4 Å². The van der Waals surface area contributed by atoms with Crippen LogP contribution in [0.4, 0.5) is 10.1 Å². The highest BCUT2D eigenvalue weighted by Gasteiger charge is 2.24. The molecule has 7 nitrogen and oxygen atoms in total. The van der Waals surface area contributed by atoms with E-state index in [1.54, 1.807) is 54.6 Å². The maximum absolute atomic E-state index is 14.1. The molecule has 0 saturated carbocycles. The van der Waals surface area contributed by atoms with Gasteiger partial charge in [-0.05, 0) is 48.5 Å². The lowest BCUT2D eigenvalue weighted by Crippen LogP contribution is -2.37. The molecule has 1 N–H and O–H groups in total. The Morgan fingerprint density at radius 2 is 1.79 bits per heavy atom. The first-order valence-electron chi connectivity index (χ1n) is 10.1. The van der Waals surface area contributed by atoms with Crippen molar-refractivity contribution in [2.24, 2.45) is 0 Å². The normalized spacial score (nSPS) is 10.6. The van der Waals surface area contributed by atoms with Crippen molar-refractivity contribution in [2.45, 2.75) is 6.54 Å². The summed E-state index contributed by atoms with van der Waals surface area (Å²) in [6, 6.07) is 19.4. The number of para-hydroxylation sites is 2. The predicted molar refractivity (Wildman–Crippen MR) is 119 cm³/mol. The molecule has 4 aromatic rings. The van der Waals surface area contributed by atoms with Crippen molar-refractivity contribution >= 4 is 17.5 Å². The van der Waals surface area contributed by atoms with Crippen LogP contribution in [0.15, 0.2) is 87.9 Å². The van der Waals surface area contributed by atoms with Gasteiger partial charge in [-0.15, -0.1) is 0 Å². The number of nitrogens with zero attached hydrogens (tertiary/aromatic N) is 1. The predicted octanol–water partition coefficient (Wildman–Crippen LogP) is 4.97. The highest BCUT2D eigenvalue weighted by Crippen LogP contribution is 2.26. The van der Waals surface area contributed by atoms with Crippen LogP contribution in [0, 0.1) is 5.82 Å². The van der Waals surface area contributed by atoms with Gasteiger partial charge < -0.3 is 23.8 Å². The summed E-state index contributed by atoms with van der Waals surface area (Å²) in [5.74, 6) is -0.249. The van der Waals surface area contributed by atoms with E-state index in [0.29, 0.717) is 17.2 Å². The molecular weight excluding hydrogens is 427 g/mol. The second-order valence-corrected chi connectivity index (χ2v) is 7.13. The monoisotopic (exact) mass is 448 g/mol. The number of rotatable bonds is 8. The Morgan fingerprint density at radius 3 is 2.55 bits per heavy atom. The van der Waals surface area contributed by atoms with E-state index in [4.69, 9.17) is 13.6 Å². The third-order valence-corrected chi connectivity index (χ3v) is 4.89. The summed E-state index contributed by atoms with van der Waals surface area (Å²) in [7, 11) is 1.50. The fourth-order valence-electron chi connectivity index (χ4n) is 3.32. The van der Waals surface area contributed by atoms with Gasteiger partial charge in [-0.25, -0.2) is 4.39 Å². The van der Waals surface area contributed by atoms with Crippen LogP contribution < -0.4 is 10.1 Å². The molecule has 0 bridgehead atoms. The van der Waals surface area contributed by atoms with E-state index in [0.717, 1.165) is 0 Å². The zero-order valence-corrected chi connectivity index (χ0v) is 17.8. The van der Waals surface area contributed by atoms with E-state index in [1.165, 1.54) is 36.5 Å². The number of ether oxygens (including phenoxy) is 1. The Labute approximate surface area is 189 Å². The Morgan fingerprint density at radius 1 is 1.00 bits per heavy atom. The number of furan rings is 2. The fourth-order valence-corrected chi connectivity index (χ4v) is 3.32. The highest BCUT2D eigenvalue weighted by atomic mass is 19.1. The maximum atomic E-state index is 14.1. The van der Waals surface area contributed by atoms with Crippen molar-refractivity contribution in [1.82, 2.24) is 4.90 Å². The van der Waals surface area contributed by atoms with Crippen LogP contribution >= 0.6 is 0 Å². The number of carbonyl (C=O) groups excluding carboxylic acids is 2. The van der Waals surface area contributed by atoms with E-state index in [9.17, 15) is 14.0 Å². The molecule has 2 amide bonds. The number of halogens is 1. The summed E-state index contributed by atoms with van der Waals surface area (Å²) < 4.78 is 30.3. The van der Waals surface area contributed by atoms with Gasteiger partial charge in [0.2, 0.25) is 5.91 Å². The van der Waals surface area contributed by atoms with E-state index in [2.05, 4.69) is 5.32 Å². The third-order valence-electron chi connectivity index (χ3n) is 4.89. The molecule has 33 heavy (non-hydrogen) atoms. The highest BCUT2D eigenvalue weighted by molar-refractivity contribution is 5.99. The molecule has 0 aliphatic rings. The standard InChI is InChI=1S/C25H21FN2O5/c1-31-22-11-5-4-10-20(22)27-24(29)16-28(15-17-7-6-14-32-17)25(30)23-13-12-21(33-23)18-8-2-3-9-19(18)26/h2-14H,15-16H2,1H3,(H,27,29). The Balaban J connectivity index is 1.55. The van der Waals surface area contributed by atoms with Crippen molar-refractivity contribution < 1.29 is 27.6 Å². The number of nitrogens with one attached hydrogen (secondary N) is 1. The van der Waals surface area contributed by atoms with Crippen molar-refractivity contribution in [3.63, 3.8) is 0 Å². The van der Waals surface area contributed by atoms with E-state index < -0.39 is 17.6 Å². The molecule has 0 atom stereocenters. The topological polar surface area (TPSA) is 84.9 Å². The molecule has 0 aliphatic heterocycles. The third kappa shape index (κ3) is 5.12. The van der Waals surface area contributed by atoms with Crippen molar-refractivity contribution in [3.8, 4) is 17.1 Å². The molecule has 4 rings (SSSR count). The zero-order chi connectivity index (χ0) is 23.2. The van der Waals surface area contributed by atoms with Gasteiger partial charge in [-0.2, -0.15) is 0 Å². The second-order valence-electron chi connectivity index (χ2n) is 7.13. The van der Waals surface area contributed by atoms with Gasteiger partial charge in [0, 0.05) is 0 Å². The number of hydrogen-bond donors (Lipinski definition) is 1. The lowest BCUT2D eigenvalue weighted by Gasteiger charge is -2.20. The molecule has 2 aromatic heterocycles. The van der Waals surface area contributed by atoms with Gasteiger partial charge in [-0.3, -0.25) is 9.59 Å². The zero-order valence-electron chi connectivity index (χ0n) is 17.8. The van der Waals surface area contributed by atoms with Gasteiger partial charge in [0.25, 0.3) is 5.91 Å². The molecule has 0 fully saturated rings. The average molecular weight is 448 g/mol. The number of anilines is 1. The van der Waals surface area contributed by atoms with Gasteiger partial charge in [-0.1, -0.05) is 24.3 Å². The van der Waals surface area contributed by atoms with E-state index in [1.807, 2.05) is 0 Å². The minimum atomic E-state index is -0.538. The number of benzene rings is 2. The Hall–Kier alpha value is -4.33. The molecule has 0 spiro atoms. The van der Waals surface area contributed by atoms with Crippen LogP contribution in [-0.2, 0) is 11.3 Å². The lowest BCUT2D eigenvalue weighted by molar-refractivity contribution is -0.117. The van der Waals surface area contributed by atoms with Crippen molar-refractivity contribution in [3.05, 3.63) is 96.4 Å². The summed E-state index contributed by atoms with van der Waals surface area (Å²) in [6.45, 7) is -0.228. The lowest BCUT2D eigenvalue weighted by atomic mass is 10.1. The molecule has 8 heteroatoms. The summed E-state index contributed by atoms with van der Waals surface area (Å²) in [5.41, 5.74) is 0.721. The summed E-state index contributed by atoms with van der Waals surface area (Å²) >= 11 is 0. The molecule has 0 radical (unpaired) electrons. The van der Waals surface area contributed by atoms with Crippen molar-refractivity contribution in [1.29, 1.82) is 0 Å². The number of methoxy groups -OCH3 is 1. The van der Waals surface area contributed by atoms with E-state index in [-0.39, 0.29) is 30.2 Å². The Kier molecular flexibility index (Phi) is 6.54. The van der Waals surface area contributed by atoms with Gasteiger partial charge >= 0.3 is 0 Å². The molecule has 168 valence electrons. The molecular formula is C25H21FN2O5. The molecule has 0 unspecified atom stereocenters. The van der Waals surface area contributed by atoms with Crippen molar-refractivity contribution in [2.75, 3.05) is 19.0 Å². The molecule has 0 aliphatic carbocycles. The first-order valence-corrected chi connectivity index (χ1v) is 10.1.